The van der Waals surface area contributed by atoms with Crippen LogP contribution < -0.4 is 5.32 Å². The first-order valence-corrected chi connectivity index (χ1v) is 7.45. The molecule has 3 unspecified atom stereocenters. The van der Waals surface area contributed by atoms with Crippen LogP contribution in [0.15, 0.2) is 12.4 Å². The molecule has 1 aromatic heterocycles. The molecule has 3 atom stereocenters. The second-order valence-corrected chi connectivity index (χ2v) is 5.64. The Morgan fingerprint density at radius 1 is 1.39 bits per heavy atom. The minimum absolute atomic E-state index is 0.705. The Labute approximate surface area is 111 Å². The molecule has 1 N–H and O–H groups in total. The van der Waals surface area contributed by atoms with Crippen LogP contribution in [0, 0.1) is 11.8 Å². The van der Waals surface area contributed by atoms with Gasteiger partial charge in [-0.2, -0.15) is 5.10 Å². The lowest BCUT2D eigenvalue weighted by Crippen LogP contribution is -2.30. The molecule has 0 amide bonds. The van der Waals surface area contributed by atoms with Gasteiger partial charge in [0.2, 0.25) is 0 Å². The van der Waals surface area contributed by atoms with Gasteiger partial charge in [0.15, 0.2) is 0 Å². The fraction of sp³-hybridized carbons (Fsp3) is 0.800. The number of aryl methyl sites for hydroxylation is 1. The summed E-state index contributed by atoms with van der Waals surface area (Å²) in [7, 11) is 2.07. The van der Waals surface area contributed by atoms with Gasteiger partial charge in [-0.15, -0.1) is 0 Å². The quantitative estimate of drug-likeness (QED) is 0.869. The summed E-state index contributed by atoms with van der Waals surface area (Å²) in [6, 6.07) is 0. The van der Waals surface area contributed by atoms with Crippen molar-refractivity contribution >= 4 is 0 Å². The lowest BCUT2D eigenvalue weighted by atomic mass is 9.71. The van der Waals surface area contributed by atoms with Gasteiger partial charge in [0.25, 0.3) is 0 Å². The van der Waals surface area contributed by atoms with E-state index in [1.165, 1.54) is 31.2 Å². The van der Waals surface area contributed by atoms with E-state index in [4.69, 9.17) is 0 Å². The van der Waals surface area contributed by atoms with Gasteiger partial charge in [-0.1, -0.05) is 19.8 Å². The van der Waals surface area contributed by atoms with Crippen molar-refractivity contribution in [3.63, 3.8) is 0 Å². The van der Waals surface area contributed by atoms with Crippen molar-refractivity contribution in [1.29, 1.82) is 0 Å². The summed E-state index contributed by atoms with van der Waals surface area (Å²) in [6.45, 7) is 6.59. The third-order valence-electron chi connectivity index (χ3n) is 4.55. The largest absolute Gasteiger partial charge is 0.319 e. The molecule has 3 heteroatoms. The topological polar surface area (TPSA) is 29.9 Å². The van der Waals surface area contributed by atoms with E-state index in [9.17, 15) is 0 Å². The maximum atomic E-state index is 4.45. The average Bonchev–Trinajstić information content (AvgIpc) is 2.88. The van der Waals surface area contributed by atoms with E-state index in [1.54, 1.807) is 0 Å². The first-order valence-electron chi connectivity index (χ1n) is 7.45. The molecule has 2 rings (SSSR count). The molecule has 3 nitrogen and oxygen atoms in total. The first-order chi connectivity index (χ1) is 8.78. The minimum Gasteiger partial charge on any atom is -0.319 e. The van der Waals surface area contributed by atoms with Gasteiger partial charge < -0.3 is 5.32 Å². The highest BCUT2D eigenvalue weighted by Crippen LogP contribution is 2.41. The highest BCUT2D eigenvalue weighted by molar-refractivity contribution is 5.14. The van der Waals surface area contributed by atoms with E-state index in [2.05, 4.69) is 48.4 Å². The van der Waals surface area contributed by atoms with Gasteiger partial charge >= 0.3 is 0 Å². The van der Waals surface area contributed by atoms with Crippen LogP contribution in [0.1, 0.15) is 51.0 Å². The zero-order valence-corrected chi connectivity index (χ0v) is 12.0. The molecule has 1 aliphatic rings. The van der Waals surface area contributed by atoms with Crippen molar-refractivity contribution in [2.45, 2.75) is 52.0 Å². The Morgan fingerprint density at radius 3 is 2.83 bits per heavy atom. The molecule has 1 aromatic rings. The Kier molecular flexibility index (Phi) is 4.81. The summed E-state index contributed by atoms with van der Waals surface area (Å²) in [5, 5.41) is 7.82. The van der Waals surface area contributed by atoms with E-state index in [0.29, 0.717) is 5.92 Å². The number of nitrogens with one attached hydrogen (secondary N) is 1. The van der Waals surface area contributed by atoms with Crippen molar-refractivity contribution in [3.8, 4) is 0 Å². The zero-order chi connectivity index (χ0) is 13.0. The molecule has 0 spiro atoms. The van der Waals surface area contributed by atoms with Gasteiger partial charge in [-0.25, -0.2) is 0 Å². The number of nitrogens with zero attached hydrogens (tertiary/aromatic N) is 2. The summed E-state index contributed by atoms with van der Waals surface area (Å²) in [4.78, 5) is 0. The fourth-order valence-corrected chi connectivity index (χ4v) is 3.35. The highest BCUT2D eigenvalue weighted by atomic mass is 15.3. The Balaban J connectivity index is 2.12. The standard InChI is InChI=1S/C15H27N3/c1-4-12-6-7-13(9-16-3)15(8-12)14-10-17-18(5-2)11-14/h10-13,15-16H,4-9H2,1-3H3. The molecule has 0 aromatic carbocycles. The normalized spacial score (nSPS) is 28.5. The lowest BCUT2D eigenvalue weighted by molar-refractivity contribution is 0.228. The van der Waals surface area contributed by atoms with Gasteiger partial charge in [0, 0.05) is 12.7 Å². The monoisotopic (exact) mass is 249 g/mol. The maximum absolute atomic E-state index is 4.45. The van der Waals surface area contributed by atoms with Crippen LogP contribution >= 0.6 is 0 Å². The van der Waals surface area contributed by atoms with Crippen LogP contribution in [0.25, 0.3) is 0 Å². The minimum atomic E-state index is 0.705. The smallest absolute Gasteiger partial charge is 0.0524 e. The second-order valence-electron chi connectivity index (χ2n) is 5.64. The SMILES string of the molecule is CCC1CCC(CNC)C(c2cnn(CC)c2)C1. The van der Waals surface area contributed by atoms with E-state index >= 15 is 0 Å². The number of hydrogen-bond acceptors (Lipinski definition) is 2. The van der Waals surface area contributed by atoms with Crippen LogP contribution in [-0.4, -0.2) is 23.4 Å². The van der Waals surface area contributed by atoms with Crippen molar-refractivity contribution in [1.82, 2.24) is 15.1 Å². The number of hydrogen-bond donors (Lipinski definition) is 1. The van der Waals surface area contributed by atoms with Crippen molar-refractivity contribution < 1.29 is 0 Å². The molecule has 1 heterocycles. The zero-order valence-electron chi connectivity index (χ0n) is 12.0. The number of rotatable bonds is 5. The first kappa shape index (κ1) is 13.6. The third-order valence-corrected chi connectivity index (χ3v) is 4.55. The van der Waals surface area contributed by atoms with Crippen LogP contribution in [0.5, 0.6) is 0 Å². The highest BCUT2D eigenvalue weighted by Gasteiger charge is 2.31. The van der Waals surface area contributed by atoms with Gasteiger partial charge in [0.05, 0.1) is 6.20 Å². The number of aromatic nitrogens is 2. The summed E-state index contributed by atoms with van der Waals surface area (Å²) in [6.07, 6.45) is 9.78. The Bertz CT molecular complexity index is 358. The average molecular weight is 249 g/mol. The van der Waals surface area contributed by atoms with Crippen molar-refractivity contribution in [2.24, 2.45) is 11.8 Å². The van der Waals surface area contributed by atoms with Gasteiger partial charge in [-0.05, 0) is 56.7 Å². The molecule has 0 saturated heterocycles. The summed E-state index contributed by atoms with van der Waals surface area (Å²) in [5.74, 6) is 2.40. The molecule has 102 valence electrons. The van der Waals surface area contributed by atoms with Gasteiger partial charge in [0.1, 0.15) is 0 Å². The lowest BCUT2D eigenvalue weighted by Gasteiger charge is -2.35. The summed E-state index contributed by atoms with van der Waals surface area (Å²) >= 11 is 0. The van der Waals surface area contributed by atoms with Gasteiger partial charge in [-0.3, -0.25) is 4.68 Å². The molecule has 1 aliphatic carbocycles. The predicted molar refractivity (Wildman–Crippen MR) is 75.7 cm³/mol. The molecule has 0 bridgehead atoms. The molecular weight excluding hydrogens is 222 g/mol. The molecular formula is C15H27N3. The van der Waals surface area contributed by atoms with Crippen LogP contribution in [-0.2, 0) is 6.54 Å². The summed E-state index contributed by atoms with van der Waals surface area (Å²) < 4.78 is 2.06. The molecule has 0 radical (unpaired) electrons. The molecule has 0 aliphatic heterocycles. The Morgan fingerprint density at radius 2 is 2.22 bits per heavy atom. The van der Waals surface area contributed by atoms with E-state index in [1.807, 2.05) is 0 Å². The van der Waals surface area contributed by atoms with Crippen molar-refractivity contribution in [2.75, 3.05) is 13.6 Å². The predicted octanol–water partition coefficient (Wildman–Crippen LogP) is 3.03. The van der Waals surface area contributed by atoms with E-state index in [-0.39, 0.29) is 0 Å². The Hall–Kier alpha value is -0.830. The second kappa shape index (κ2) is 6.37. The van der Waals surface area contributed by atoms with Crippen LogP contribution in [0.3, 0.4) is 0 Å². The summed E-state index contributed by atoms with van der Waals surface area (Å²) in [5.41, 5.74) is 1.45. The fourth-order valence-electron chi connectivity index (χ4n) is 3.35. The van der Waals surface area contributed by atoms with E-state index < -0.39 is 0 Å². The van der Waals surface area contributed by atoms with Crippen molar-refractivity contribution in [3.05, 3.63) is 18.0 Å². The van der Waals surface area contributed by atoms with Crippen LogP contribution in [0.2, 0.25) is 0 Å². The molecule has 1 saturated carbocycles. The molecule has 1 fully saturated rings. The third kappa shape index (κ3) is 2.94. The van der Waals surface area contributed by atoms with Crippen LogP contribution in [0.4, 0.5) is 0 Å². The molecule has 18 heavy (non-hydrogen) atoms. The maximum Gasteiger partial charge on any atom is 0.0524 e. The van der Waals surface area contributed by atoms with E-state index in [0.717, 1.165) is 24.9 Å².